The van der Waals surface area contributed by atoms with Crippen LogP contribution in [0.15, 0.2) is 10.5 Å². The molecule has 0 bridgehead atoms. The first kappa shape index (κ1) is 26.7. The Morgan fingerprint density at radius 2 is 1.83 bits per heavy atom. The van der Waals surface area contributed by atoms with E-state index in [4.69, 9.17) is 19.4 Å². The topological polar surface area (TPSA) is 50.7 Å². The molecule has 1 atom stereocenters. The van der Waals surface area contributed by atoms with Gasteiger partial charge in [0.25, 0.3) is 0 Å². The zero-order valence-corrected chi connectivity index (χ0v) is 25.7. The molecule has 1 spiro atoms. The molecule has 1 saturated carbocycles. The van der Waals surface area contributed by atoms with Crippen molar-refractivity contribution in [3.05, 3.63) is 14.1 Å². The maximum Gasteiger partial charge on any atom is 0.319 e. The first-order valence-electron chi connectivity index (χ1n) is 13.9. The Morgan fingerprint density at radius 3 is 2.50 bits per heavy atom. The second kappa shape index (κ2) is 11.5. The third-order valence-electron chi connectivity index (χ3n) is 8.65. The third kappa shape index (κ3) is 5.60. The molecule has 3 heterocycles. The highest BCUT2D eigenvalue weighted by molar-refractivity contribution is 14.1. The van der Waals surface area contributed by atoms with Crippen LogP contribution in [0.3, 0.4) is 0 Å². The lowest BCUT2D eigenvalue weighted by molar-refractivity contribution is 0.0956. The highest BCUT2D eigenvalue weighted by Gasteiger charge is 2.38. The minimum Gasteiger partial charge on any atom is -0.490 e. The second-order valence-electron chi connectivity index (χ2n) is 11.1. The second-order valence-corrected chi connectivity index (χ2v) is 13.1. The Labute approximate surface area is 238 Å². The summed E-state index contributed by atoms with van der Waals surface area (Å²) in [7, 11) is 0. The number of halogens is 2. The van der Waals surface area contributed by atoms with E-state index < -0.39 is 0 Å². The van der Waals surface area contributed by atoms with Gasteiger partial charge in [-0.1, -0.05) is 26.7 Å². The minimum absolute atomic E-state index is 0.161. The number of nitrogens with zero attached hydrogens (tertiary/aromatic N) is 4. The van der Waals surface area contributed by atoms with Gasteiger partial charge in [0.05, 0.1) is 11.1 Å². The summed E-state index contributed by atoms with van der Waals surface area (Å²) in [5, 5.41) is 1.06. The zero-order chi connectivity index (χ0) is 25.3. The number of aromatic nitrogens is 2. The van der Waals surface area contributed by atoms with Crippen LogP contribution in [0.2, 0.25) is 0 Å². The highest BCUT2D eigenvalue weighted by atomic mass is 127. The van der Waals surface area contributed by atoms with E-state index in [1.54, 1.807) is 0 Å². The number of fused-ring (bicyclic) bond motifs is 1. The van der Waals surface area contributed by atoms with Gasteiger partial charge in [-0.25, -0.2) is 0 Å². The summed E-state index contributed by atoms with van der Waals surface area (Å²) in [5.74, 6) is 2.66. The van der Waals surface area contributed by atoms with Gasteiger partial charge in [0.1, 0.15) is 17.4 Å². The number of rotatable bonds is 6. The summed E-state index contributed by atoms with van der Waals surface area (Å²) in [6, 6.07) is 2.70. The van der Waals surface area contributed by atoms with E-state index in [2.05, 4.69) is 68.2 Å². The summed E-state index contributed by atoms with van der Waals surface area (Å²) < 4.78 is 14.7. The van der Waals surface area contributed by atoms with Gasteiger partial charge in [0.2, 0.25) is 0 Å². The van der Waals surface area contributed by atoms with Crippen molar-refractivity contribution in [3.63, 3.8) is 0 Å². The van der Waals surface area contributed by atoms with Crippen molar-refractivity contribution in [2.24, 2.45) is 11.3 Å². The van der Waals surface area contributed by atoms with Crippen molar-refractivity contribution in [3.8, 4) is 11.8 Å². The van der Waals surface area contributed by atoms with Gasteiger partial charge in [-0.05, 0) is 108 Å². The average Bonchev–Trinajstić information content (AvgIpc) is 2.88. The molecule has 0 N–H and O–H groups in total. The molecule has 1 aromatic heterocycles. The van der Waals surface area contributed by atoms with E-state index in [1.165, 1.54) is 38.5 Å². The molecule has 2 aliphatic heterocycles. The monoisotopic (exact) mass is 670 g/mol. The molecule has 6 nitrogen and oxygen atoms in total. The Balaban J connectivity index is 1.48. The molecule has 5 rings (SSSR count). The summed E-state index contributed by atoms with van der Waals surface area (Å²) in [4.78, 5) is 15.0. The van der Waals surface area contributed by atoms with Crippen LogP contribution in [-0.4, -0.2) is 60.3 Å². The van der Waals surface area contributed by atoms with Gasteiger partial charge < -0.3 is 19.3 Å². The lowest BCUT2D eigenvalue weighted by Crippen LogP contribution is -2.42. The van der Waals surface area contributed by atoms with Gasteiger partial charge in [-0.15, -0.1) is 0 Å². The number of benzene rings is 1. The molecule has 1 aromatic carbocycles. The van der Waals surface area contributed by atoms with Gasteiger partial charge in [-0.2, -0.15) is 9.97 Å². The van der Waals surface area contributed by atoms with Crippen LogP contribution in [0.1, 0.15) is 72.1 Å². The van der Waals surface area contributed by atoms with Gasteiger partial charge in [-0.3, -0.25) is 0 Å². The lowest BCUT2D eigenvalue weighted by Gasteiger charge is -2.46. The fraction of sp³-hybridized carbons (Fsp3) is 0.714. The number of ether oxygens (including phenoxy) is 2. The highest BCUT2D eigenvalue weighted by Crippen LogP contribution is 2.48. The molecule has 2 saturated heterocycles. The lowest BCUT2D eigenvalue weighted by atomic mass is 9.65. The zero-order valence-electron chi connectivity index (χ0n) is 22.0. The smallest absolute Gasteiger partial charge is 0.319 e. The molecule has 3 fully saturated rings. The van der Waals surface area contributed by atoms with E-state index in [0.717, 1.165) is 82.0 Å². The molecular weight excluding hydrogens is 631 g/mol. The Hall–Kier alpha value is -0.870. The van der Waals surface area contributed by atoms with Gasteiger partial charge in [0.15, 0.2) is 5.75 Å². The molecule has 1 aliphatic carbocycles. The van der Waals surface area contributed by atoms with Crippen LogP contribution < -0.4 is 14.4 Å². The number of hydrogen-bond acceptors (Lipinski definition) is 6. The molecule has 8 heteroatoms. The molecule has 1 unspecified atom stereocenters. The van der Waals surface area contributed by atoms with Crippen molar-refractivity contribution >= 4 is 55.2 Å². The molecule has 36 heavy (non-hydrogen) atoms. The normalized spacial score (nSPS) is 23.4. The molecule has 198 valence electrons. The predicted octanol–water partition coefficient (Wildman–Crippen LogP) is 7.06. The number of piperidine rings is 2. The van der Waals surface area contributed by atoms with E-state index in [0.29, 0.717) is 18.0 Å². The molecular formula is C28H40BrIN4O2. The Bertz CT molecular complexity index is 1070. The van der Waals surface area contributed by atoms with Crippen molar-refractivity contribution in [2.45, 2.75) is 78.2 Å². The largest absolute Gasteiger partial charge is 0.490 e. The van der Waals surface area contributed by atoms with Crippen molar-refractivity contribution in [1.82, 2.24) is 14.9 Å². The van der Waals surface area contributed by atoms with Crippen LogP contribution >= 0.6 is 38.5 Å². The van der Waals surface area contributed by atoms with Crippen LogP contribution in [0.4, 0.5) is 5.82 Å². The van der Waals surface area contributed by atoms with E-state index in [1.807, 2.05) is 6.92 Å². The average molecular weight is 671 g/mol. The summed E-state index contributed by atoms with van der Waals surface area (Å²) in [6.45, 7) is 12.6. The van der Waals surface area contributed by atoms with Crippen molar-refractivity contribution in [1.29, 1.82) is 0 Å². The predicted molar refractivity (Wildman–Crippen MR) is 158 cm³/mol. The fourth-order valence-electron chi connectivity index (χ4n) is 6.62. The van der Waals surface area contributed by atoms with Crippen LogP contribution in [0, 0.1) is 14.9 Å². The number of likely N-dealkylation sites (tertiary alicyclic amines) is 1. The fourth-order valence-corrected chi connectivity index (χ4v) is 7.60. The van der Waals surface area contributed by atoms with Crippen LogP contribution in [0.25, 0.3) is 10.9 Å². The maximum atomic E-state index is 6.47. The van der Waals surface area contributed by atoms with E-state index >= 15 is 0 Å². The van der Waals surface area contributed by atoms with Crippen molar-refractivity contribution < 1.29 is 9.47 Å². The first-order valence-corrected chi connectivity index (χ1v) is 15.7. The standard InChI is InChI=1S/C28H40BrIN4O2/c1-4-33-13-8-20(9-14-33)36-27-31-24-21(17-22(30)23(29)25(24)35-5-2)26(32-27)34-15-11-28(12-16-34)10-6-7-19(3)18-28/h17,19-20H,4-16,18H2,1-3H3. The van der Waals surface area contributed by atoms with Crippen molar-refractivity contribution in [2.75, 3.05) is 44.2 Å². The van der Waals surface area contributed by atoms with E-state index in [9.17, 15) is 0 Å². The van der Waals surface area contributed by atoms with Crippen LogP contribution in [0.5, 0.6) is 11.8 Å². The molecule has 0 amide bonds. The maximum absolute atomic E-state index is 6.47. The Morgan fingerprint density at radius 1 is 1.08 bits per heavy atom. The first-order chi connectivity index (χ1) is 17.4. The summed E-state index contributed by atoms with van der Waals surface area (Å²) in [6.07, 6.45) is 10.3. The molecule has 0 radical (unpaired) electrons. The summed E-state index contributed by atoms with van der Waals surface area (Å²) in [5.41, 5.74) is 1.37. The minimum atomic E-state index is 0.161. The van der Waals surface area contributed by atoms with Crippen LogP contribution in [-0.2, 0) is 0 Å². The van der Waals surface area contributed by atoms with Gasteiger partial charge in [0, 0.05) is 35.1 Å². The summed E-state index contributed by atoms with van der Waals surface area (Å²) >= 11 is 6.14. The Kier molecular flexibility index (Phi) is 8.52. The van der Waals surface area contributed by atoms with Gasteiger partial charge >= 0.3 is 6.01 Å². The van der Waals surface area contributed by atoms with E-state index in [-0.39, 0.29) is 6.10 Å². The third-order valence-corrected chi connectivity index (χ3v) is 11.0. The number of hydrogen-bond donors (Lipinski definition) is 0. The number of anilines is 1. The molecule has 2 aromatic rings. The quantitative estimate of drug-likeness (QED) is 0.307. The SMILES string of the molecule is CCOc1c(Br)c(I)cc2c(N3CCC4(CCCC(C)C4)CC3)nc(OC3CCN(CC)CC3)nc12. The molecule has 3 aliphatic rings.